The van der Waals surface area contributed by atoms with E-state index in [4.69, 9.17) is 4.74 Å². The van der Waals surface area contributed by atoms with E-state index in [9.17, 15) is 13.6 Å². The van der Waals surface area contributed by atoms with Crippen molar-refractivity contribution >= 4 is 5.78 Å². The van der Waals surface area contributed by atoms with Crippen LogP contribution in [0.15, 0.2) is 30.5 Å². The summed E-state index contributed by atoms with van der Waals surface area (Å²) in [7, 11) is 3.60. The SMILES string of the molecule is CN(C)/C=C/C(=O)c1ccc(OC(F)F)c(OCC2CC2)c1. The van der Waals surface area contributed by atoms with Crippen LogP contribution in [0.4, 0.5) is 8.78 Å². The average molecular weight is 311 g/mol. The molecule has 1 aliphatic carbocycles. The molecule has 0 aliphatic heterocycles. The molecule has 0 spiro atoms. The number of halogens is 2. The summed E-state index contributed by atoms with van der Waals surface area (Å²) >= 11 is 0. The van der Waals surface area contributed by atoms with Gasteiger partial charge in [0.15, 0.2) is 17.3 Å². The highest BCUT2D eigenvalue weighted by Crippen LogP contribution is 2.34. The topological polar surface area (TPSA) is 38.8 Å². The van der Waals surface area contributed by atoms with E-state index in [0.29, 0.717) is 18.1 Å². The first-order chi connectivity index (χ1) is 10.5. The Balaban J connectivity index is 2.16. The van der Waals surface area contributed by atoms with Gasteiger partial charge in [-0.2, -0.15) is 8.78 Å². The molecular weight excluding hydrogens is 292 g/mol. The number of hydrogen-bond acceptors (Lipinski definition) is 4. The fraction of sp³-hybridized carbons (Fsp3) is 0.438. The molecule has 1 aliphatic rings. The second-order valence-corrected chi connectivity index (χ2v) is 5.44. The minimum Gasteiger partial charge on any atom is -0.489 e. The molecule has 4 nitrogen and oxygen atoms in total. The molecule has 22 heavy (non-hydrogen) atoms. The highest BCUT2D eigenvalue weighted by molar-refractivity contribution is 6.04. The Morgan fingerprint density at radius 2 is 2.09 bits per heavy atom. The van der Waals surface area contributed by atoms with Crippen LogP contribution in [0.1, 0.15) is 23.2 Å². The number of nitrogens with zero attached hydrogens (tertiary/aromatic N) is 1. The first-order valence-corrected chi connectivity index (χ1v) is 7.06. The summed E-state index contributed by atoms with van der Waals surface area (Å²) in [5.41, 5.74) is 0.366. The van der Waals surface area contributed by atoms with Crippen molar-refractivity contribution < 1.29 is 23.0 Å². The van der Waals surface area contributed by atoms with Gasteiger partial charge in [0.2, 0.25) is 0 Å². The molecule has 120 valence electrons. The zero-order valence-electron chi connectivity index (χ0n) is 12.6. The summed E-state index contributed by atoms with van der Waals surface area (Å²) in [5.74, 6) is 0.362. The fourth-order valence-electron chi connectivity index (χ4n) is 1.77. The standard InChI is InChI=1S/C16H19F2NO3/c1-19(2)8-7-13(20)12-5-6-14(22-16(17)18)15(9-12)21-10-11-3-4-11/h5-9,11,16H,3-4,10H2,1-2H3/b8-7+. The molecule has 0 radical (unpaired) electrons. The highest BCUT2D eigenvalue weighted by Gasteiger charge is 2.23. The van der Waals surface area contributed by atoms with Crippen LogP contribution >= 0.6 is 0 Å². The van der Waals surface area contributed by atoms with E-state index >= 15 is 0 Å². The van der Waals surface area contributed by atoms with E-state index in [1.165, 1.54) is 24.3 Å². The molecule has 0 bridgehead atoms. The van der Waals surface area contributed by atoms with Gasteiger partial charge in [-0.25, -0.2) is 0 Å². The third kappa shape index (κ3) is 5.02. The van der Waals surface area contributed by atoms with Gasteiger partial charge in [-0.15, -0.1) is 0 Å². The summed E-state index contributed by atoms with van der Waals surface area (Å²) in [6.45, 7) is -2.48. The molecule has 1 fully saturated rings. The van der Waals surface area contributed by atoms with Crippen LogP contribution in [-0.4, -0.2) is 38.0 Å². The van der Waals surface area contributed by atoms with Crippen molar-refractivity contribution in [1.82, 2.24) is 4.90 Å². The molecular formula is C16H19F2NO3. The molecule has 0 atom stereocenters. The molecule has 2 rings (SSSR count). The third-order valence-corrected chi connectivity index (χ3v) is 3.14. The van der Waals surface area contributed by atoms with Crippen molar-refractivity contribution in [2.45, 2.75) is 19.5 Å². The number of hydrogen-bond donors (Lipinski definition) is 0. The molecule has 1 aromatic carbocycles. The minimum atomic E-state index is -2.93. The van der Waals surface area contributed by atoms with Gasteiger partial charge in [0.25, 0.3) is 0 Å². The summed E-state index contributed by atoms with van der Waals surface area (Å²) < 4.78 is 34.8. The first-order valence-electron chi connectivity index (χ1n) is 7.06. The Morgan fingerprint density at radius 3 is 2.68 bits per heavy atom. The summed E-state index contributed by atoms with van der Waals surface area (Å²) in [6.07, 6.45) is 5.19. The maximum atomic E-state index is 12.4. The second kappa shape index (κ2) is 7.24. The van der Waals surface area contributed by atoms with Crippen LogP contribution < -0.4 is 9.47 Å². The zero-order valence-corrected chi connectivity index (χ0v) is 12.6. The van der Waals surface area contributed by atoms with Gasteiger partial charge in [-0.1, -0.05) is 0 Å². The Bertz CT molecular complexity index is 554. The van der Waals surface area contributed by atoms with E-state index in [1.807, 2.05) is 0 Å². The smallest absolute Gasteiger partial charge is 0.387 e. The average Bonchev–Trinajstić information content (AvgIpc) is 3.27. The van der Waals surface area contributed by atoms with Crippen LogP contribution in [0, 0.1) is 5.92 Å². The second-order valence-electron chi connectivity index (χ2n) is 5.44. The van der Waals surface area contributed by atoms with Gasteiger partial charge in [0.05, 0.1) is 6.61 Å². The van der Waals surface area contributed by atoms with Gasteiger partial charge in [0, 0.05) is 31.9 Å². The van der Waals surface area contributed by atoms with Crippen molar-refractivity contribution in [3.8, 4) is 11.5 Å². The zero-order chi connectivity index (χ0) is 16.1. The molecule has 6 heteroatoms. The van der Waals surface area contributed by atoms with E-state index in [1.54, 1.807) is 25.2 Å². The third-order valence-electron chi connectivity index (χ3n) is 3.14. The predicted molar refractivity (Wildman–Crippen MR) is 78.5 cm³/mol. The van der Waals surface area contributed by atoms with Crippen LogP contribution in [0.5, 0.6) is 11.5 Å². The number of carbonyl (C=O) groups is 1. The minimum absolute atomic E-state index is 0.0520. The normalized spacial score (nSPS) is 14.4. The maximum Gasteiger partial charge on any atom is 0.387 e. The number of rotatable bonds is 8. The van der Waals surface area contributed by atoms with Gasteiger partial charge >= 0.3 is 6.61 Å². The van der Waals surface area contributed by atoms with E-state index < -0.39 is 6.61 Å². The van der Waals surface area contributed by atoms with Crippen molar-refractivity contribution in [2.75, 3.05) is 20.7 Å². The summed E-state index contributed by atoms with van der Waals surface area (Å²) in [6, 6.07) is 4.23. The van der Waals surface area contributed by atoms with Crippen molar-refractivity contribution in [3.63, 3.8) is 0 Å². The van der Waals surface area contributed by atoms with Crippen molar-refractivity contribution in [1.29, 1.82) is 0 Å². The molecule has 0 unspecified atom stereocenters. The highest BCUT2D eigenvalue weighted by atomic mass is 19.3. The quantitative estimate of drug-likeness (QED) is 0.545. The molecule has 1 aromatic rings. The lowest BCUT2D eigenvalue weighted by Crippen LogP contribution is -2.08. The number of carbonyl (C=O) groups excluding carboxylic acids is 1. The summed E-state index contributed by atoms with van der Waals surface area (Å²) in [4.78, 5) is 13.8. The number of benzene rings is 1. The summed E-state index contributed by atoms with van der Waals surface area (Å²) in [5, 5.41) is 0. The Labute approximate surface area is 128 Å². The van der Waals surface area contributed by atoms with Crippen LogP contribution in [0.3, 0.4) is 0 Å². The van der Waals surface area contributed by atoms with Gasteiger partial charge in [0.1, 0.15) is 0 Å². The van der Waals surface area contributed by atoms with Crippen LogP contribution in [-0.2, 0) is 0 Å². The molecule has 0 heterocycles. The lowest BCUT2D eigenvalue weighted by molar-refractivity contribution is -0.0515. The van der Waals surface area contributed by atoms with Crippen molar-refractivity contribution in [2.24, 2.45) is 5.92 Å². The van der Waals surface area contributed by atoms with E-state index in [0.717, 1.165) is 12.8 Å². The fourth-order valence-corrected chi connectivity index (χ4v) is 1.77. The van der Waals surface area contributed by atoms with Crippen LogP contribution in [0.25, 0.3) is 0 Å². The lowest BCUT2D eigenvalue weighted by Gasteiger charge is -2.13. The molecule has 0 aromatic heterocycles. The predicted octanol–water partition coefficient (Wildman–Crippen LogP) is 3.33. The Hall–Kier alpha value is -2.11. The number of allylic oxidation sites excluding steroid dienone is 1. The van der Waals surface area contributed by atoms with Crippen molar-refractivity contribution in [3.05, 3.63) is 36.0 Å². The molecule has 0 amide bonds. The van der Waals surface area contributed by atoms with Gasteiger partial charge < -0.3 is 14.4 Å². The molecule has 0 N–H and O–H groups in total. The molecule has 0 saturated heterocycles. The first kappa shape index (κ1) is 16.3. The molecule has 1 saturated carbocycles. The van der Waals surface area contributed by atoms with Gasteiger partial charge in [-0.05, 0) is 37.0 Å². The lowest BCUT2D eigenvalue weighted by atomic mass is 10.1. The largest absolute Gasteiger partial charge is 0.489 e. The van der Waals surface area contributed by atoms with Crippen LogP contribution in [0.2, 0.25) is 0 Å². The number of alkyl halides is 2. The van der Waals surface area contributed by atoms with Gasteiger partial charge in [-0.3, -0.25) is 4.79 Å². The maximum absolute atomic E-state index is 12.4. The van der Waals surface area contributed by atoms with E-state index in [-0.39, 0.29) is 17.3 Å². The number of ketones is 1. The Kier molecular flexibility index (Phi) is 5.35. The monoisotopic (exact) mass is 311 g/mol. The Morgan fingerprint density at radius 1 is 1.36 bits per heavy atom. The number of ether oxygens (including phenoxy) is 2. The van der Waals surface area contributed by atoms with E-state index in [2.05, 4.69) is 4.74 Å².